The molecular weight excluding hydrogens is 774 g/mol. The zero-order chi connectivity index (χ0) is 43.2. The van der Waals surface area contributed by atoms with Crippen molar-refractivity contribution in [3.8, 4) is 17.2 Å². The Kier molecular flexibility index (Phi) is 13.8. The van der Waals surface area contributed by atoms with Gasteiger partial charge in [-0.05, 0) is 47.9 Å². The van der Waals surface area contributed by atoms with Gasteiger partial charge in [-0.15, -0.1) is 0 Å². The Morgan fingerprint density at radius 2 is 1.47 bits per heavy atom. The van der Waals surface area contributed by atoms with E-state index >= 15 is 0 Å². The van der Waals surface area contributed by atoms with Crippen LogP contribution in [0.3, 0.4) is 0 Å². The number of aryl methyl sites for hydroxylation is 1. The van der Waals surface area contributed by atoms with E-state index in [1.54, 1.807) is 32.0 Å². The standard InChI is InChI=1S/C43H51F4N5O7/c1-8-23(3)35(39(54)50-38-32(58-6)20-26(57-5)21-33(38)59-7)51-41(56)42(18-17-31-28(22-42)27-14-12-15-29(37(27)48-31)43(45,46)47)52-40(55)36(24(4)9-2)49-34(53)19-25-13-10-11-16-30(25)44/h10-16,20-21,23-24,35-36,48H,8-9,17-19,22H2,1-7H3,(H,49,53)(H,50,54)(H,51,56)(H,52,55)/t23?,24?,35-,36-,42+/m0/s1. The first-order chi connectivity index (χ1) is 28.0. The highest BCUT2D eigenvalue weighted by atomic mass is 19.4. The van der Waals surface area contributed by atoms with E-state index in [0.717, 1.165) is 6.07 Å². The van der Waals surface area contributed by atoms with Crippen LogP contribution in [-0.2, 0) is 44.6 Å². The van der Waals surface area contributed by atoms with E-state index in [4.69, 9.17) is 14.2 Å². The van der Waals surface area contributed by atoms with E-state index in [0.29, 0.717) is 29.8 Å². The first kappa shape index (κ1) is 44.3. The molecular formula is C43H51F4N5O7. The van der Waals surface area contributed by atoms with Crippen molar-refractivity contribution in [2.75, 3.05) is 26.6 Å². The van der Waals surface area contributed by atoms with Crippen LogP contribution in [0.1, 0.15) is 69.3 Å². The maximum Gasteiger partial charge on any atom is 0.418 e. The van der Waals surface area contributed by atoms with Gasteiger partial charge in [0.05, 0.1) is 38.8 Å². The highest BCUT2D eigenvalue weighted by Crippen LogP contribution is 2.41. The Morgan fingerprint density at radius 1 is 0.847 bits per heavy atom. The van der Waals surface area contributed by atoms with Crippen LogP contribution in [0, 0.1) is 17.7 Å². The topological polar surface area (TPSA) is 160 Å². The van der Waals surface area contributed by atoms with Gasteiger partial charge in [0, 0.05) is 29.6 Å². The first-order valence-electron chi connectivity index (χ1n) is 19.5. The number of alkyl halides is 3. The van der Waals surface area contributed by atoms with E-state index in [-0.39, 0.29) is 59.3 Å². The van der Waals surface area contributed by atoms with E-state index in [1.165, 1.54) is 51.7 Å². The summed E-state index contributed by atoms with van der Waals surface area (Å²) < 4.78 is 73.3. The van der Waals surface area contributed by atoms with Crippen LogP contribution in [0.2, 0.25) is 0 Å². The molecule has 16 heteroatoms. The Labute approximate surface area is 340 Å². The summed E-state index contributed by atoms with van der Waals surface area (Å²) in [5.41, 5.74) is -1.66. The molecule has 5 N–H and O–H groups in total. The summed E-state index contributed by atoms with van der Waals surface area (Å²) >= 11 is 0. The minimum absolute atomic E-state index is 0.0586. The van der Waals surface area contributed by atoms with Crippen molar-refractivity contribution in [3.05, 3.63) is 82.8 Å². The van der Waals surface area contributed by atoms with Gasteiger partial charge in [0.2, 0.25) is 23.6 Å². The Bertz CT molecular complexity index is 2170. The Balaban J connectivity index is 1.54. The lowest BCUT2D eigenvalue weighted by Gasteiger charge is -2.39. The molecule has 0 saturated heterocycles. The number of para-hydroxylation sites is 1. The van der Waals surface area contributed by atoms with E-state index < -0.39 is 70.6 Å². The van der Waals surface area contributed by atoms with Gasteiger partial charge in [0.15, 0.2) is 0 Å². The fourth-order valence-electron chi connectivity index (χ4n) is 7.43. The molecule has 2 unspecified atom stereocenters. The van der Waals surface area contributed by atoms with Crippen molar-refractivity contribution in [3.63, 3.8) is 0 Å². The number of hydrogen-bond acceptors (Lipinski definition) is 7. The molecule has 1 aromatic heterocycles. The quantitative estimate of drug-likeness (QED) is 0.0793. The number of carbonyl (C=O) groups is 4. The normalized spacial score (nSPS) is 17.1. The number of methoxy groups -OCH3 is 3. The van der Waals surface area contributed by atoms with Gasteiger partial charge in [0.1, 0.15) is 46.4 Å². The van der Waals surface area contributed by atoms with Crippen molar-refractivity contribution in [2.45, 2.75) is 90.0 Å². The van der Waals surface area contributed by atoms with Crippen LogP contribution < -0.4 is 35.5 Å². The zero-order valence-corrected chi connectivity index (χ0v) is 34.1. The summed E-state index contributed by atoms with van der Waals surface area (Å²) in [7, 11) is 4.26. The van der Waals surface area contributed by atoms with Gasteiger partial charge in [0.25, 0.3) is 0 Å². The fraction of sp³-hybridized carbons (Fsp3) is 0.442. The van der Waals surface area contributed by atoms with Crippen LogP contribution in [0.4, 0.5) is 23.2 Å². The molecule has 4 aromatic rings. The fourth-order valence-corrected chi connectivity index (χ4v) is 7.43. The molecule has 0 saturated carbocycles. The number of fused-ring (bicyclic) bond motifs is 3. The number of nitrogens with one attached hydrogen (secondary N) is 5. The van der Waals surface area contributed by atoms with Crippen molar-refractivity contribution >= 4 is 40.2 Å². The SMILES string of the molecule is CCC(C)[C@H](NC(=O)Cc1ccccc1F)C(=O)N[C@]1(C(=O)N[C@H](C(=O)Nc2c(OC)cc(OC)cc2OC)C(C)CC)CCc2[nH]c3c(C(F)(F)F)cccc3c2C1. The molecule has 5 rings (SSSR count). The van der Waals surface area contributed by atoms with E-state index in [2.05, 4.69) is 26.3 Å². The number of hydrogen-bond donors (Lipinski definition) is 5. The number of aromatic amines is 1. The summed E-state index contributed by atoms with van der Waals surface area (Å²) in [6.07, 6.45) is -4.42. The third kappa shape index (κ3) is 9.58. The second kappa shape index (κ2) is 18.4. The number of rotatable bonds is 16. The number of ether oxygens (including phenoxy) is 3. The Hall–Kier alpha value is -5.80. The minimum Gasteiger partial charge on any atom is -0.496 e. The molecule has 1 aliphatic rings. The second-order valence-corrected chi connectivity index (χ2v) is 15.0. The molecule has 1 aliphatic carbocycles. The molecule has 1 heterocycles. The minimum atomic E-state index is -4.67. The lowest BCUT2D eigenvalue weighted by atomic mass is 9.78. The lowest BCUT2D eigenvalue weighted by molar-refractivity contribution is -0.138. The third-order valence-electron chi connectivity index (χ3n) is 11.3. The van der Waals surface area contributed by atoms with E-state index in [1.807, 2.05) is 13.8 Å². The second-order valence-electron chi connectivity index (χ2n) is 15.0. The summed E-state index contributed by atoms with van der Waals surface area (Å²) in [5, 5.41) is 11.6. The monoisotopic (exact) mass is 825 g/mol. The maximum atomic E-state index is 14.9. The molecule has 0 spiro atoms. The molecule has 0 radical (unpaired) electrons. The zero-order valence-electron chi connectivity index (χ0n) is 34.1. The van der Waals surface area contributed by atoms with E-state index in [9.17, 15) is 36.7 Å². The van der Waals surface area contributed by atoms with Gasteiger partial charge in [-0.3, -0.25) is 19.2 Å². The smallest absolute Gasteiger partial charge is 0.418 e. The molecule has 0 fully saturated rings. The lowest BCUT2D eigenvalue weighted by Crippen LogP contribution is -2.67. The van der Waals surface area contributed by atoms with Crippen LogP contribution in [0.15, 0.2) is 54.6 Å². The summed E-state index contributed by atoms with van der Waals surface area (Å²) in [5.74, 6) is -3.42. The largest absolute Gasteiger partial charge is 0.496 e. The van der Waals surface area contributed by atoms with Crippen LogP contribution in [-0.4, -0.2) is 67.6 Å². The van der Waals surface area contributed by atoms with Crippen LogP contribution >= 0.6 is 0 Å². The van der Waals surface area contributed by atoms with Crippen LogP contribution in [0.5, 0.6) is 17.2 Å². The Morgan fingerprint density at radius 3 is 2.05 bits per heavy atom. The number of amides is 4. The molecule has 4 amide bonds. The van der Waals surface area contributed by atoms with Crippen molar-refractivity contribution < 1.29 is 51.0 Å². The molecule has 3 aromatic carbocycles. The molecule has 0 aliphatic heterocycles. The van der Waals surface area contributed by atoms with Gasteiger partial charge in [-0.2, -0.15) is 13.2 Å². The molecule has 12 nitrogen and oxygen atoms in total. The first-order valence-corrected chi connectivity index (χ1v) is 19.5. The number of aromatic nitrogens is 1. The summed E-state index contributed by atoms with van der Waals surface area (Å²) in [6.45, 7) is 7.15. The predicted octanol–water partition coefficient (Wildman–Crippen LogP) is 6.64. The summed E-state index contributed by atoms with van der Waals surface area (Å²) in [6, 6.07) is 10.3. The predicted molar refractivity (Wildman–Crippen MR) is 214 cm³/mol. The third-order valence-corrected chi connectivity index (χ3v) is 11.3. The molecule has 5 atom stereocenters. The molecule has 59 heavy (non-hydrogen) atoms. The molecule has 0 bridgehead atoms. The van der Waals surface area contributed by atoms with Gasteiger partial charge in [-0.25, -0.2) is 4.39 Å². The molecule has 318 valence electrons. The highest BCUT2D eigenvalue weighted by molar-refractivity contribution is 6.02. The van der Waals surface area contributed by atoms with Gasteiger partial charge >= 0.3 is 6.18 Å². The number of carbonyl (C=O) groups excluding carboxylic acids is 4. The van der Waals surface area contributed by atoms with Crippen molar-refractivity contribution in [2.24, 2.45) is 11.8 Å². The maximum absolute atomic E-state index is 14.9. The number of benzene rings is 3. The average molecular weight is 826 g/mol. The van der Waals surface area contributed by atoms with Crippen molar-refractivity contribution in [1.82, 2.24) is 20.9 Å². The van der Waals surface area contributed by atoms with Gasteiger partial charge < -0.3 is 40.5 Å². The summed E-state index contributed by atoms with van der Waals surface area (Å²) in [4.78, 5) is 59.8. The number of anilines is 1. The van der Waals surface area contributed by atoms with Crippen molar-refractivity contribution in [1.29, 1.82) is 0 Å². The van der Waals surface area contributed by atoms with Gasteiger partial charge in [-0.1, -0.05) is 70.9 Å². The number of halogens is 4. The van der Waals surface area contributed by atoms with Crippen LogP contribution in [0.25, 0.3) is 10.9 Å². The highest BCUT2D eigenvalue weighted by Gasteiger charge is 2.47. The number of H-pyrrole nitrogens is 1. The average Bonchev–Trinajstić information content (AvgIpc) is 3.59.